The van der Waals surface area contributed by atoms with E-state index in [-0.39, 0.29) is 0 Å². The van der Waals surface area contributed by atoms with Crippen LogP contribution in [0.15, 0.2) is 53.3 Å². The number of fused-ring (bicyclic) bond motifs is 1. The van der Waals surface area contributed by atoms with E-state index in [1.54, 1.807) is 6.92 Å². The molecular weight excluding hydrogens is 302 g/mol. The zero-order valence-electron chi connectivity index (χ0n) is 13.5. The van der Waals surface area contributed by atoms with Gasteiger partial charge in [0.25, 0.3) is 0 Å². The van der Waals surface area contributed by atoms with Gasteiger partial charge < -0.3 is 14.2 Å². The molecule has 3 heterocycles. The van der Waals surface area contributed by atoms with Gasteiger partial charge in [-0.2, -0.15) is 4.98 Å². The minimum atomic E-state index is 0.560. The van der Waals surface area contributed by atoms with Crippen molar-refractivity contribution in [3.8, 4) is 11.4 Å². The van der Waals surface area contributed by atoms with E-state index in [0.717, 1.165) is 22.6 Å². The van der Waals surface area contributed by atoms with E-state index in [2.05, 4.69) is 43.9 Å². The van der Waals surface area contributed by atoms with E-state index >= 15 is 0 Å². The molecule has 4 rings (SSSR count). The first-order valence-corrected chi connectivity index (χ1v) is 7.76. The van der Waals surface area contributed by atoms with Gasteiger partial charge in [0.15, 0.2) is 0 Å². The van der Waals surface area contributed by atoms with Crippen molar-refractivity contribution in [2.45, 2.75) is 20.4 Å². The molecular formula is C18H17N5O. The lowest BCUT2D eigenvalue weighted by Gasteiger charge is -2.07. The SMILES string of the molecule is Cc1ccn2c(CNc3cccc(-c4noc(C)n4)c3)cnc2c1. The topological polar surface area (TPSA) is 68.2 Å². The van der Waals surface area contributed by atoms with Gasteiger partial charge in [0.05, 0.1) is 18.4 Å². The van der Waals surface area contributed by atoms with Crippen LogP contribution < -0.4 is 5.32 Å². The summed E-state index contributed by atoms with van der Waals surface area (Å²) >= 11 is 0. The maximum absolute atomic E-state index is 5.04. The molecule has 120 valence electrons. The third-order valence-electron chi connectivity index (χ3n) is 3.87. The summed E-state index contributed by atoms with van der Waals surface area (Å²) in [6.45, 7) is 4.53. The van der Waals surface area contributed by atoms with Gasteiger partial charge in [0.1, 0.15) is 5.65 Å². The number of aromatic nitrogens is 4. The van der Waals surface area contributed by atoms with Gasteiger partial charge >= 0.3 is 0 Å². The Balaban J connectivity index is 1.55. The molecule has 0 radical (unpaired) electrons. The molecule has 0 saturated heterocycles. The summed E-state index contributed by atoms with van der Waals surface area (Å²) in [7, 11) is 0. The fourth-order valence-electron chi connectivity index (χ4n) is 2.64. The molecule has 0 atom stereocenters. The summed E-state index contributed by atoms with van der Waals surface area (Å²) in [5, 5.41) is 7.38. The molecule has 4 aromatic rings. The van der Waals surface area contributed by atoms with Gasteiger partial charge in [-0.15, -0.1) is 0 Å². The lowest BCUT2D eigenvalue weighted by atomic mass is 10.2. The van der Waals surface area contributed by atoms with Crippen LogP contribution in [0.3, 0.4) is 0 Å². The van der Waals surface area contributed by atoms with Gasteiger partial charge in [-0.05, 0) is 36.8 Å². The number of hydrogen-bond acceptors (Lipinski definition) is 5. The van der Waals surface area contributed by atoms with Crippen LogP contribution in [0.5, 0.6) is 0 Å². The molecule has 0 aliphatic heterocycles. The number of rotatable bonds is 4. The molecule has 0 spiro atoms. The molecule has 0 unspecified atom stereocenters. The molecule has 0 aliphatic rings. The highest BCUT2D eigenvalue weighted by atomic mass is 16.5. The Morgan fingerprint density at radius 3 is 2.92 bits per heavy atom. The monoisotopic (exact) mass is 319 g/mol. The lowest BCUT2D eigenvalue weighted by Crippen LogP contribution is -2.02. The molecule has 0 aliphatic carbocycles. The molecule has 0 fully saturated rings. The minimum absolute atomic E-state index is 0.560. The number of anilines is 1. The van der Waals surface area contributed by atoms with E-state index in [4.69, 9.17) is 4.52 Å². The number of benzene rings is 1. The highest BCUT2D eigenvalue weighted by Gasteiger charge is 2.07. The summed E-state index contributed by atoms with van der Waals surface area (Å²) < 4.78 is 7.13. The molecule has 1 N–H and O–H groups in total. The number of nitrogens with one attached hydrogen (secondary N) is 1. The summed E-state index contributed by atoms with van der Waals surface area (Å²) in [4.78, 5) is 8.71. The first-order valence-electron chi connectivity index (χ1n) is 7.76. The number of nitrogens with zero attached hydrogens (tertiary/aromatic N) is 4. The predicted molar refractivity (Wildman–Crippen MR) is 91.7 cm³/mol. The minimum Gasteiger partial charge on any atom is -0.379 e. The molecule has 24 heavy (non-hydrogen) atoms. The highest BCUT2D eigenvalue weighted by Crippen LogP contribution is 2.20. The van der Waals surface area contributed by atoms with Crippen molar-refractivity contribution in [2.75, 3.05) is 5.32 Å². The van der Waals surface area contributed by atoms with E-state index in [9.17, 15) is 0 Å². The Morgan fingerprint density at radius 2 is 2.08 bits per heavy atom. The fraction of sp³-hybridized carbons (Fsp3) is 0.167. The fourth-order valence-corrected chi connectivity index (χ4v) is 2.64. The van der Waals surface area contributed by atoms with Crippen molar-refractivity contribution >= 4 is 11.3 Å². The van der Waals surface area contributed by atoms with Crippen LogP contribution in [0, 0.1) is 13.8 Å². The Kier molecular flexibility index (Phi) is 3.49. The van der Waals surface area contributed by atoms with E-state index in [0.29, 0.717) is 18.3 Å². The van der Waals surface area contributed by atoms with Gasteiger partial charge in [-0.3, -0.25) is 0 Å². The molecule has 0 amide bonds. The van der Waals surface area contributed by atoms with Crippen molar-refractivity contribution in [3.05, 3.63) is 65.9 Å². The average molecular weight is 319 g/mol. The Labute approximate surface area is 139 Å². The maximum Gasteiger partial charge on any atom is 0.223 e. The first kappa shape index (κ1) is 14.4. The van der Waals surface area contributed by atoms with E-state index in [1.165, 1.54) is 5.56 Å². The molecule has 0 saturated carbocycles. The molecule has 1 aromatic carbocycles. The Hall–Kier alpha value is -3.15. The van der Waals surface area contributed by atoms with Crippen LogP contribution in [-0.2, 0) is 6.54 Å². The quantitative estimate of drug-likeness (QED) is 0.622. The lowest BCUT2D eigenvalue weighted by molar-refractivity contribution is 0.394. The second-order valence-electron chi connectivity index (χ2n) is 5.75. The second-order valence-corrected chi connectivity index (χ2v) is 5.75. The van der Waals surface area contributed by atoms with Crippen molar-refractivity contribution in [1.29, 1.82) is 0 Å². The zero-order valence-corrected chi connectivity index (χ0v) is 13.5. The number of aryl methyl sites for hydroxylation is 2. The van der Waals surface area contributed by atoms with Crippen LogP contribution in [0.4, 0.5) is 5.69 Å². The van der Waals surface area contributed by atoms with E-state index in [1.807, 2.05) is 36.7 Å². The van der Waals surface area contributed by atoms with Crippen LogP contribution >= 0.6 is 0 Å². The molecule has 6 heteroatoms. The Morgan fingerprint density at radius 1 is 1.17 bits per heavy atom. The second kappa shape index (κ2) is 5.81. The van der Waals surface area contributed by atoms with Gasteiger partial charge in [-0.1, -0.05) is 17.3 Å². The highest BCUT2D eigenvalue weighted by molar-refractivity contribution is 5.62. The van der Waals surface area contributed by atoms with Gasteiger partial charge in [0, 0.05) is 24.4 Å². The van der Waals surface area contributed by atoms with Crippen molar-refractivity contribution in [1.82, 2.24) is 19.5 Å². The van der Waals surface area contributed by atoms with Crippen LogP contribution in [-0.4, -0.2) is 19.5 Å². The van der Waals surface area contributed by atoms with Crippen molar-refractivity contribution in [2.24, 2.45) is 0 Å². The summed E-state index contributed by atoms with van der Waals surface area (Å²) in [6, 6.07) is 12.1. The van der Waals surface area contributed by atoms with Crippen LogP contribution in [0.25, 0.3) is 17.0 Å². The number of hydrogen-bond donors (Lipinski definition) is 1. The molecule has 0 bridgehead atoms. The van der Waals surface area contributed by atoms with Gasteiger partial charge in [0.2, 0.25) is 11.7 Å². The van der Waals surface area contributed by atoms with Crippen LogP contribution in [0.2, 0.25) is 0 Å². The maximum atomic E-state index is 5.04. The predicted octanol–water partition coefficient (Wildman–Crippen LogP) is 3.61. The third kappa shape index (κ3) is 2.74. The Bertz CT molecular complexity index is 1000. The average Bonchev–Trinajstić information content (AvgIpc) is 3.19. The third-order valence-corrected chi connectivity index (χ3v) is 3.87. The summed E-state index contributed by atoms with van der Waals surface area (Å²) in [5.41, 5.74) is 5.19. The molecule has 6 nitrogen and oxygen atoms in total. The summed E-state index contributed by atoms with van der Waals surface area (Å²) in [6.07, 6.45) is 3.95. The normalized spacial score (nSPS) is 11.1. The summed E-state index contributed by atoms with van der Waals surface area (Å²) in [5.74, 6) is 1.16. The first-order chi connectivity index (χ1) is 11.7. The largest absolute Gasteiger partial charge is 0.379 e. The van der Waals surface area contributed by atoms with Crippen molar-refractivity contribution in [3.63, 3.8) is 0 Å². The zero-order chi connectivity index (χ0) is 16.5. The van der Waals surface area contributed by atoms with Gasteiger partial charge in [-0.25, -0.2) is 4.98 Å². The van der Waals surface area contributed by atoms with Crippen LogP contribution in [0.1, 0.15) is 17.1 Å². The standard InChI is InChI=1S/C18H17N5O/c1-12-6-7-23-16(11-20-17(23)8-12)10-19-15-5-3-4-14(9-15)18-21-13(2)24-22-18/h3-9,11,19H,10H2,1-2H3. The number of pyridine rings is 1. The van der Waals surface area contributed by atoms with E-state index < -0.39 is 0 Å². The van der Waals surface area contributed by atoms with Crippen molar-refractivity contribution < 1.29 is 4.52 Å². The number of imidazole rings is 1. The molecule has 3 aromatic heterocycles. The smallest absolute Gasteiger partial charge is 0.223 e.